The van der Waals surface area contributed by atoms with Crippen LogP contribution in [0.25, 0.3) is 16.0 Å². The molecule has 0 fully saturated rings. The number of aromatic nitrogens is 4. The van der Waals surface area contributed by atoms with E-state index in [-0.39, 0.29) is 6.61 Å². The second-order valence-electron chi connectivity index (χ2n) is 6.81. The highest BCUT2D eigenvalue weighted by Crippen LogP contribution is 2.38. The van der Waals surface area contributed by atoms with Crippen molar-refractivity contribution >= 4 is 39.7 Å². The molecule has 0 spiro atoms. The molecule has 9 heteroatoms. The van der Waals surface area contributed by atoms with Gasteiger partial charge in [0.2, 0.25) is 0 Å². The molecule has 28 heavy (non-hydrogen) atoms. The van der Waals surface area contributed by atoms with Gasteiger partial charge in [0.25, 0.3) is 0 Å². The number of esters is 1. The smallest absolute Gasteiger partial charge is 0.343 e. The Hall–Kier alpha value is -2.81. The second kappa shape index (κ2) is 7.67. The third kappa shape index (κ3) is 3.26. The van der Waals surface area contributed by atoms with Crippen molar-refractivity contribution in [2.24, 2.45) is 4.99 Å². The predicted octanol–water partition coefficient (Wildman–Crippen LogP) is 3.15. The van der Waals surface area contributed by atoms with Gasteiger partial charge in [0.1, 0.15) is 16.7 Å². The van der Waals surface area contributed by atoms with Crippen LogP contribution in [0.4, 0.5) is 5.82 Å². The van der Waals surface area contributed by atoms with Crippen LogP contribution in [0.2, 0.25) is 0 Å². The number of nitrogens with zero attached hydrogens (tertiary/aromatic N) is 6. The van der Waals surface area contributed by atoms with Crippen molar-refractivity contribution in [3.05, 3.63) is 28.5 Å². The molecule has 0 unspecified atom stereocenters. The van der Waals surface area contributed by atoms with Crippen molar-refractivity contribution in [1.29, 1.82) is 0 Å². The van der Waals surface area contributed by atoms with Crippen LogP contribution in [0.5, 0.6) is 0 Å². The van der Waals surface area contributed by atoms with Gasteiger partial charge in [0, 0.05) is 19.0 Å². The molecular formula is C19H22N6O2S. The topological polar surface area (TPSA) is 85.5 Å². The molecule has 8 nitrogen and oxygen atoms in total. The number of carbonyl (C=O) groups is 1. The Labute approximate surface area is 166 Å². The van der Waals surface area contributed by atoms with E-state index in [2.05, 4.69) is 20.1 Å². The molecule has 3 aromatic heterocycles. The van der Waals surface area contributed by atoms with E-state index >= 15 is 0 Å². The third-order valence-corrected chi connectivity index (χ3v) is 5.78. The minimum Gasteiger partial charge on any atom is -0.462 e. The molecule has 0 aliphatic heterocycles. The van der Waals surface area contributed by atoms with E-state index in [0.29, 0.717) is 17.2 Å². The number of ether oxygens (including phenoxy) is 1. The Kier molecular flexibility index (Phi) is 5.08. The zero-order valence-corrected chi connectivity index (χ0v) is 17.0. The van der Waals surface area contributed by atoms with Crippen molar-refractivity contribution in [3.8, 4) is 5.82 Å². The summed E-state index contributed by atoms with van der Waals surface area (Å²) in [7, 11) is 3.73. The Bertz CT molecular complexity index is 1050. The highest BCUT2D eigenvalue weighted by Gasteiger charge is 2.25. The van der Waals surface area contributed by atoms with Crippen LogP contribution in [0, 0.1) is 0 Å². The maximum atomic E-state index is 12.4. The summed E-state index contributed by atoms with van der Waals surface area (Å²) >= 11 is 1.72. The molecular weight excluding hydrogens is 376 g/mol. The first-order chi connectivity index (χ1) is 13.6. The summed E-state index contributed by atoms with van der Waals surface area (Å²) in [6.45, 7) is 2.06. The molecule has 0 saturated heterocycles. The molecule has 0 radical (unpaired) electrons. The molecule has 3 aromatic rings. The van der Waals surface area contributed by atoms with Crippen LogP contribution in [-0.2, 0) is 17.6 Å². The summed E-state index contributed by atoms with van der Waals surface area (Å²) in [5.41, 5.74) is 1.62. The molecule has 1 aliphatic carbocycles. The van der Waals surface area contributed by atoms with Crippen LogP contribution < -0.4 is 0 Å². The predicted molar refractivity (Wildman–Crippen MR) is 109 cm³/mol. The molecule has 0 aromatic carbocycles. The van der Waals surface area contributed by atoms with Gasteiger partial charge in [-0.3, -0.25) is 0 Å². The Morgan fingerprint density at radius 1 is 1.36 bits per heavy atom. The maximum absolute atomic E-state index is 12.4. The number of fused-ring (bicyclic) bond motifs is 3. The summed E-state index contributed by atoms with van der Waals surface area (Å²) in [4.78, 5) is 30.0. The molecule has 3 heterocycles. The maximum Gasteiger partial charge on any atom is 0.343 e. The fraction of sp³-hybridized carbons (Fsp3) is 0.421. The second-order valence-corrected chi connectivity index (χ2v) is 7.89. The summed E-state index contributed by atoms with van der Waals surface area (Å²) in [6.07, 6.45) is 9.13. The molecule has 0 atom stereocenters. The average molecular weight is 398 g/mol. The molecule has 0 N–H and O–H groups in total. The number of hydrogen-bond donors (Lipinski definition) is 0. The highest BCUT2D eigenvalue weighted by atomic mass is 32.1. The van der Waals surface area contributed by atoms with Crippen molar-refractivity contribution in [2.45, 2.75) is 32.6 Å². The fourth-order valence-electron chi connectivity index (χ4n) is 3.38. The van der Waals surface area contributed by atoms with Gasteiger partial charge in [0.15, 0.2) is 11.6 Å². The largest absolute Gasteiger partial charge is 0.462 e. The Balaban J connectivity index is 1.92. The minimum absolute atomic E-state index is 0.288. The molecule has 0 saturated carbocycles. The Morgan fingerprint density at radius 3 is 2.96 bits per heavy atom. The van der Waals surface area contributed by atoms with Gasteiger partial charge >= 0.3 is 5.97 Å². The fourth-order valence-corrected chi connectivity index (χ4v) is 4.60. The van der Waals surface area contributed by atoms with Gasteiger partial charge in [0.05, 0.1) is 24.5 Å². The number of thiophene rings is 1. The molecule has 146 valence electrons. The molecule has 4 rings (SSSR count). The van der Waals surface area contributed by atoms with Crippen LogP contribution in [0.15, 0.2) is 17.5 Å². The number of aliphatic imine (C=N–C) groups is 1. The quantitative estimate of drug-likeness (QED) is 0.373. The van der Waals surface area contributed by atoms with E-state index in [0.717, 1.165) is 29.5 Å². The van der Waals surface area contributed by atoms with Crippen molar-refractivity contribution < 1.29 is 9.53 Å². The summed E-state index contributed by atoms with van der Waals surface area (Å²) in [5.74, 6) is 0.617. The highest BCUT2D eigenvalue weighted by molar-refractivity contribution is 7.18. The molecule has 0 bridgehead atoms. The minimum atomic E-state index is -0.447. The van der Waals surface area contributed by atoms with Crippen LogP contribution >= 0.6 is 11.3 Å². The lowest BCUT2D eigenvalue weighted by Gasteiger charge is -2.12. The first kappa shape index (κ1) is 18.5. The standard InChI is InChI=1S/C19H22N6O2S/c1-4-27-19(26)13-9-23-25(16(13)22-11-24(2)3)17-15-12-7-5-6-8-14(12)28-18(15)21-10-20-17/h9-11H,4-8H2,1-3H3. The number of rotatable bonds is 5. The molecule has 1 aliphatic rings. The van der Waals surface area contributed by atoms with Gasteiger partial charge < -0.3 is 9.64 Å². The van der Waals surface area contributed by atoms with Gasteiger partial charge in [-0.2, -0.15) is 9.78 Å². The van der Waals surface area contributed by atoms with Gasteiger partial charge in [-0.25, -0.2) is 19.8 Å². The number of carbonyl (C=O) groups excluding carboxylic acids is 1. The first-order valence-corrected chi connectivity index (χ1v) is 10.1. The van der Waals surface area contributed by atoms with Gasteiger partial charge in [-0.05, 0) is 38.2 Å². The van der Waals surface area contributed by atoms with Crippen molar-refractivity contribution in [1.82, 2.24) is 24.6 Å². The van der Waals surface area contributed by atoms with Crippen LogP contribution in [0.3, 0.4) is 0 Å². The van der Waals surface area contributed by atoms with Gasteiger partial charge in [-0.1, -0.05) is 0 Å². The first-order valence-electron chi connectivity index (χ1n) is 9.31. The van der Waals surface area contributed by atoms with E-state index in [1.54, 1.807) is 40.5 Å². The zero-order chi connectivity index (χ0) is 19.7. The Morgan fingerprint density at radius 2 is 2.18 bits per heavy atom. The van der Waals surface area contributed by atoms with E-state index in [1.807, 2.05) is 14.1 Å². The van der Waals surface area contributed by atoms with Crippen LogP contribution in [-0.4, -0.2) is 57.7 Å². The molecule has 0 amide bonds. The van der Waals surface area contributed by atoms with Gasteiger partial charge in [-0.15, -0.1) is 11.3 Å². The lowest BCUT2D eigenvalue weighted by Crippen LogP contribution is -2.10. The average Bonchev–Trinajstić information content (AvgIpc) is 3.27. The normalized spacial score (nSPS) is 13.8. The monoisotopic (exact) mass is 398 g/mol. The summed E-state index contributed by atoms with van der Waals surface area (Å²) in [5, 5.41) is 5.46. The number of hydrogen-bond acceptors (Lipinski definition) is 7. The SMILES string of the molecule is CCOC(=O)c1cnn(-c2ncnc3sc4c(c23)CCCC4)c1N=CN(C)C. The number of aryl methyl sites for hydroxylation is 2. The summed E-state index contributed by atoms with van der Waals surface area (Å²) in [6, 6.07) is 0. The third-order valence-electron chi connectivity index (χ3n) is 4.58. The van der Waals surface area contributed by atoms with Crippen LogP contribution in [0.1, 0.15) is 40.6 Å². The van der Waals surface area contributed by atoms with E-state index in [1.165, 1.54) is 23.1 Å². The zero-order valence-electron chi connectivity index (χ0n) is 16.2. The summed E-state index contributed by atoms with van der Waals surface area (Å²) < 4.78 is 6.80. The lowest BCUT2D eigenvalue weighted by atomic mass is 9.97. The van der Waals surface area contributed by atoms with Crippen molar-refractivity contribution in [3.63, 3.8) is 0 Å². The van der Waals surface area contributed by atoms with Crippen molar-refractivity contribution in [2.75, 3.05) is 20.7 Å². The van der Waals surface area contributed by atoms with E-state index < -0.39 is 5.97 Å². The van der Waals surface area contributed by atoms with E-state index in [9.17, 15) is 4.79 Å². The lowest BCUT2D eigenvalue weighted by molar-refractivity contribution is 0.0527. The van der Waals surface area contributed by atoms with E-state index in [4.69, 9.17) is 4.74 Å².